The van der Waals surface area contributed by atoms with E-state index in [0.717, 1.165) is 72.2 Å². The van der Waals surface area contributed by atoms with E-state index in [1.165, 1.54) is 43.6 Å². The predicted molar refractivity (Wildman–Crippen MR) is 275 cm³/mol. The molecule has 0 unspecified atom stereocenters. The standard InChI is InChI=1S/C62H37N5/c63-38-40-20-24-42(25-21-40)48-14-9-15-49(43-26-22-41(39-64)23-27-43)62(48)44-28-30-45(31-29-44)65-60-34-32-46(66-56-16-5-1-10-50(56)51-11-2-6-17-57(51)66)36-54(60)55-37-47(33-35-61(55)65)67-58-18-7-3-12-52(58)53-13-4-8-19-59(53)67/h1-37H. The molecule has 3 heterocycles. The van der Waals surface area contributed by atoms with E-state index in [4.69, 9.17) is 0 Å². The van der Waals surface area contributed by atoms with Crippen LogP contribution in [0.2, 0.25) is 0 Å². The van der Waals surface area contributed by atoms with Gasteiger partial charge in [0.1, 0.15) is 0 Å². The maximum absolute atomic E-state index is 9.59. The third-order valence-electron chi connectivity index (χ3n) is 13.5. The summed E-state index contributed by atoms with van der Waals surface area (Å²) in [5.74, 6) is 0. The number of fused-ring (bicyclic) bond motifs is 9. The largest absolute Gasteiger partial charge is 0.309 e. The smallest absolute Gasteiger partial charge is 0.0991 e. The van der Waals surface area contributed by atoms with Gasteiger partial charge in [-0.25, -0.2) is 0 Å². The highest BCUT2D eigenvalue weighted by molar-refractivity contribution is 6.14. The van der Waals surface area contributed by atoms with E-state index in [9.17, 15) is 10.5 Å². The van der Waals surface area contributed by atoms with Crippen molar-refractivity contribution in [2.45, 2.75) is 0 Å². The van der Waals surface area contributed by atoms with Crippen LogP contribution in [-0.4, -0.2) is 13.7 Å². The van der Waals surface area contributed by atoms with Crippen LogP contribution in [0, 0.1) is 22.7 Å². The molecule has 0 saturated carbocycles. The van der Waals surface area contributed by atoms with E-state index in [1.807, 2.05) is 48.5 Å². The van der Waals surface area contributed by atoms with Gasteiger partial charge in [-0.05, 0) is 130 Å². The van der Waals surface area contributed by atoms with Gasteiger partial charge in [0.05, 0.1) is 56.4 Å². The zero-order valence-electron chi connectivity index (χ0n) is 36.1. The van der Waals surface area contributed by atoms with Crippen molar-refractivity contribution in [3.63, 3.8) is 0 Å². The second-order valence-electron chi connectivity index (χ2n) is 17.1. The molecule has 0 aliphatic carbocycles. The van der Waals surface area contributed by atoms with E-state index in [0.29, 0.717) is 11.1 Å². The summed E-state index contributed by atoms with van der Waals surface area (Å²) in [7, 11) is 0. The lowest BCUT2D eigenvalue weighted by Crippen LogP contribution is -1.97. The first-order chi connectivity index (χ1) is 33.1. The Balaban J connectivity index is 1.03. The molecule has 0 fully saturated rings. The van der Waals surface area contributed by atoms with Gasteiger partial charge >= 0.3 is 0 Å². The molecule has 0 bridgehead atoms. The SMILES string of the molecule is N#Cc1ccc(-c2cccc(-c3ccc(C#N)cc3)c2-c2ccc(-n3c4ccc(-n5c6ccccc6c6ccccc65)cc4c4cc(-n5c6ccccc6c6ccccc65)ccc43)cc2)cc1. The molecule has 0 aliphatic heterocycles. The van der Waals surface area contributed by atoms with Crippen molar-refractivity contribution in [1.82, 2.24) is 13.7 Å². The Morgan fingerprint density at radius 3 is 0.985 bits per heavy atom. The van der Waals surface area contributed by atoms with Crippen molar-refractivity contribution in [3.05, 3.63) is 236 Å². The molecule has 0 radical (unpaired) electrons. The minimum absolute atomic E-state index is 0.619. The zero-order chi connectivity index (χ0) is 44.6. The van der Waals surface area contributed by atoms with Crippen LogP contribution in [0.3, 0.4) is 0 Å². The summed E-state index contributed by atoms with van der Waals surface area (Å²) in [6.07, 6.45) is 0. The monoisotopic (exact) mass is 851 g/mol. The fraction of sp³-hybridized carbons (Fsp3) is 0. The topological polar surface area (TPSA) is 62.4 Å². The molecule has 0 spiro atoms. The van der Waals surface area contributed by atoms with E-state index >= 15 is 0 Å². The summed E-state index contributed by atoms with van der Waals surface area (Å²) in [4.78, 5) is 0. The van der Waals surface area contributed by atoms with Gasteiger partial charge < -0.3 is 13.7 Å². The second kappa shape index (κ2) is 15.1. The third kappa shape index (κ3) is 5.93. The Kier molecular flexibility index (Phi) is 8.58. The van der Waals surface area contributed by atoms with Gasteiger partial charge in [0, 0.05) is 49.4 Å². The van der Waals surface area contributed by atoms with Crippen LogP contribution in [0.25, 0.3) is 116 Å². The maximum atomic E-state index is 9.59. The average Bonchev–Trinajstić information content (AvgIpc) is 4.04. The lowest BCUT2D eigenvalue weighted by Gasteiger charge is -2.17. The molecule has 13 aromatic rings. The Bertz CT molecular complexity index is 3850. The molecule has 310 valence electrons. The average molecular weight is 852 g/mol. The lowest BCUT2D eigenvalue weighted by atomic mass is 9.87. The van der Waals surface area contributed by atoms with E-state index < -0.39 is 0 Å². The number of para-hydroxylation sites is 4. The fourth-order valence-electron chi connectivity index (χ4n) is 10.5. The van der Waals surface area contributed by atoms with Gasteiger partial charge in [-0.15, -0.1) is 0 Å². The highest BCUT2D eigenvalue weighted by atomic mass is 15.0. The van der Waals surface area contributed by atoms with E-state index in [1.54, 1.807) is 0 Å². The highest BCUT2D eigenvalue weighted by Crippen LogP contribution is 2.43. The van der Waals surface area contributed by atoms with Crippen LogP contribution in [-0.2, 0) is 0 Å². The number of rotatable bonds is 6. The van der Waals surface area contributed by atoms with Crippen molar-refractivity contribution < 1.29 is 0 Å². The van der Waals surface area contributed by atoms with Gasteiger partial charge in [0.2, 0.25) is 0 Å². The normalized spacial score (nSPS) is 11.6. The first kappa shape index (κ1) is 38.1. The molecule has 5 nitrogen and oxygen atoms in total. The summed E-state index contributed by atoms with van der Waals surface area (Å²) < 4.78 is 7.19. The lowest BCUT2D eigenvalue weighted by molar-refractivity contribution is 1.16. The molecular formula is C62H37N5. The molecule has 10 aromatic carbocycles. The van der Waals surface area contributed by atoms with Crippen molar-refractivity contribution >= 4 is 65.4 Å². The molecule has 5 heteroatoms. The Morgan fingerprint density at radius 2 is 0.597 bits per heavy atom. The molecule has 0 aliphatic rings. The van der Waals surface area contributed by atoms with Gasteiger partial charge in [-0.1, -0.05) is 127 Å². The Labute approximate surface area is 386 Å². The van der Waals surface area contributed by atoms with Crippen LogP contribution in [0.1, 0.15) is 11.1 Å². The molecule has 0 amide bonds. The van der Waals surface area contributed by atoms with E-state index in [2.05, 4.69) is 202 Å². The highest BCUT2D eigenvalue weighted by Gasteiger charge is 2.20. The first-order valence-electron chi connectivity index (χ1n) is 22.5. The van der Waals surface area contributed by atoms with Gasteiger partial charge in [0.25, 0.3) is 0 Å². The molecular weight excluding hydrogens is 815 g/mol. The van der Waals surface area contributed by atoms with E-state index in [-0.39, 0.29) is 0 Å². The van der Waals surface area contributed by atoms with Crippen LogP contribution in [0.5, 0.6) is 0 Å². The number of hydrogen-bond donors (Lipinski definition) is 0. The molecule has 3 aromatic heterocycles. The number of benzene rings is 10. The zero-order valence-corrected chi connectivity index (χ0v) is 36.1. The van der Waals surface area contributed by atoms with Crippen LogP contribution in [0.15, 0.2) is 224 Å². The van der Waals surface area contributed by atoms with Crippen molar-refractivity contribution in [2.24, 2.45) is 0 Å². The van der Waals surface area contributed by atoms with Crippen LogP contribution >= 0.6 is 0 Å². The Morgan fingerprint density at radius 1 is 0.269 bits per heavy atom. The third-order valence-corrected chi connectivity index (χ3v) is 13.5. The predicted octanol–water partition coefficient (Wildman–Crippen LogP) is 15.7. The van der Waals surface area contributed by atoms with Gasteiger partial charge in [-0.2, -0.15) is 10.5 Å². The quantitative estimate of drug-likeness (QED) is 0.167. The van der Waals surface area contributed by atoms with Crippen molar-refractivity contribution in [1.29, 1.82) is 10.5 Å². The molecule has 13 rings (SSSR count). The summed E-state index contributed by atoms with van der Waals surface area (Å²) in [5.41, 5.74) is 17.7. The Hall–Kier alpha value is -9.42. The summed E-state index contributed by atoms with van der Waals surface area (Å²) in [6.45, 7) is 0. The first-order valence-corrected chi connectivity index (χ1v) is 22.5. The summed E-state index contributed by atoms with van der Waals surface area (Å²) in [6, 6.07) is 84.0. The van der Waals surface area contributed by atoms with Crippen LogP contribution in [0.4, 0.5) is 0 Å². The number of hydrogen-bond acceptors (Lipinski definition) is 2. The number of nitriles is 2. The maximum Gasteiger partial charge on any atom is 0.0991 e. The van der Waals surface area contributed by atoms with Crippen molar-refractivity contribution in [2.75, 3.05) is 0 Å². The molecule has 0 N–H and O–H groups in total. The minimum Gasteiger partial charge on any atom is -0.309 e. The summed E-state index contributed by atoms with van der Waals surface area (Å²) >= 11 is 0. The minimum atomic E-state index is 0.619. The molecule has 0 saturated heterocycles. The molecule has 67 heavy (non-hydrogen) atoms. The van der Waals surface area contributed by atoms with Crippen LogP contribution < -0.4 is 0 Å². The fourth-order valence-corrected chi connectivity index (χ4v) is 10.5. The molecule has 0 atom stereocenters. The van der Waals surface area contributed by atoms with Crippen molar-refractivity contribution in [3.8, 4) is 62.6 Å². The number of aromatic nitrogens is 3. The van der Waals surface area contributed by atoms with Gasteiger partial charge in [0.15, 0.2) is 0 Å². The summed E-state index contributed by atoms with van der Waals surface area (Å²) in [5, 5.41) is 26.4. The van der Waals surface area contributed by atoms with Gasteiger partial charge in [-0.3, -0.25) is 0 Å². The second-order valence-corrected chi connectivity index (χ2v) is 17.1. The number of nitrogens with zero attached hydrogens (tertiary/aromatic N) is 5.